The summed E-state index contributed by atoms with van der Waals surface area (Å²) in [5.74, 6) is 0.706. The molecule has 1 heterocycles. The van der Waals surface area contributed by atoms with E-state index in [4.69, 9.17) is 11.6 Å². The topological polar surface area (TPSA) is 16.1 Å². The van der Waals surface area contributed by atoms with E-state index in [0.717, 1.165) is 17.6 Å². The molecule has 1 aliphatic rings. The smallest absolute Gasteiger partial charge is 0.0410 e. The molecule has 0 saturated heterocycles. The lowest BCUT2D eigenvalue weighted by Gasteiger charge is -2.28. The summed E-state index contributed by atoms with van der Waals surface area (Å²) in [6, 6.07) is 2.86. The zero-order valence-corrected chi connectivity index (χ0v) is 12.3. The number of alkyl halides is 1. The summed E-state index contributed by atoms with van der Waals surface area (Å²) in [6.07, 6.45) is 9.13. The molecule has 1 aromatic rings. The predicted octanol–water partition coefficient (Wildman–Crippen LogP) is 3.83. The summed E-state index contributed by atoms with van der Waals surface area (Å²) in [7, 11) is 0. The van der Waals surface area contributed by atoms with Crippen LogP contribution in [0.25, 0.3) is 0 Å². The Morgan fingerprint density at radius 1 is 1.35 bits per heavy atom. The fourth-order valence-electron chi connectivity index (χ4n) is 2.55. The first-order chi connectivity index (χ1) is 8.29. The van der Waals surface area contributed by atoms with Gasteiger partial charge in [0.2, 0.25) is 0 Å². The third kappa shape index (κ3) is 3.94. The van der Waals surface area contributed by atoms with Crippen molar-refractivity contribution in [1.82, 2.24) is 9.88 Å². The summed E-state index contributed by atoms with van der Waals surface area (Å²) < 4.78 is 1.05. The van der Waals surface area contributed by atoms with E-state index in [9.17, 15) is 0 Å². The van der Waals surface area contributed by atoms with Crippen molar-refractivity contribution >= 4 is 27.5 Å². The number of halogens is 2. The van der Waals surface area contributed by atoms with Crippen LogP contribution in [0.4, 0.5) is 0 Å². The summed E-state index contributed by atoms with van der Waals surface area (Å²) in [5, 5.41) is 0. The van der Waals surface area contributed by atoms with E-state index in [2.05, 4.69) is 31.9 Å². The molecule has 0 spiro atoms. The maximum atomic E-state index is 5.91. The monoisotopic (exact) mass is 316 g/mol. The van der Waals surface area contributed by atoms with Gasteiger partial charge in [-0.15, -0.1) is 11.6 Å². The SMILES string of the molecule is ClCCN(Cc1cncc(Br)c1)C1CCCC1. The second kappa shape index (κ2) is 6.72. The first-order valence-electron chi connectivity index (χ1n) is 6.19. The minimum absolute atomic E-state index is 0.706. The maximum absolute atomic E-state index is 5.91. The lowest BCUT2D eigenvalue weighted by Crippen LogP contribution is -2.34. The molecule has 0 bridgehead atoms. The minimum atomic E-state index is 0.706. The van der Waals surface area contributed by atoms with E-state index >= 15 is 0 Å². The number of hydrogen-bond acceptors (Lipinski definition) is 2. The Labute approximate surface area is 116 Å². The van der Waals surface area contributed by atoms with Crippen molar-refractivity contribution in [2.45, 2.75) is 38.3 Å². The molecule has 1 aromatic heterocycles. The van der Waals surface area contributed by atoms with Gasteiger partial charge in [-0.2, -0.15) is 0 Å². The second-order valence-electron chi connectivity index (χ2n) is 4.61. The van der Waals surface area contributed by atoms with E-state index < -0.39 is 0 Å². The normalized spacial score (nSPS) is 16.9. The molecule has 4 heteroatoms. The first-order valence-corrected chi connectivity index (χ1v) is 7.52. The number of rotatable bonds is 5. The first kappa shape index (κ1) is 13.3. The third-order valence-corrected chi connectivity index (χ3v) is 3.96. The van der Waals surface area contributed by atoms with Gasteiger partial charge in [0.15, 0.2) is 0 Å². The Bertz CT molecular complexity index is 353. The van der Waals surface area contributed by atoms with Gasteiger partial charge >= 0.3 is 0 Å². The Morgan fingerprint density at radius 3 is 2.76 bits per heavy atom. The van der Waals surface area contributed by atoms with Gasteiger partial charge in [-0.05, 0) is 40.4 Å². The zero-order chi connectivity index (χ0) is 12.1. The number of nitrogens with zero attached hydrogens (tertiary/aromatic N) is 2. The van der Waals surface area contributed by atoms with Crippen molar-refractivity contribution < 1.29 is 0 Å². The highest BCUT2D eigenvalue weighted by Gasteiger charge is 2.22. The van der Waals surface area contributed by atoms with E-state index in [1.807, 2.05) is 12.4 Å². The standard InChI is InChI=1S/C13H18BrClN2/c14-12-7-11(8-16-9-12)10-17(6-5-15)13-3-1-2-4-13/h7-9,13H,1-6,10H2. The Hall–Kier alpha value is -0.120. The quantitative estimate of drug-likeness (QED) is 0.767. The van der Waals surface area contributed by atoms with Gasteiger partial charge in [0.05, 0.1) is 0 Å². The van der Waals surface area contributed by atoms with Crippen LogP contribution >= 0.6 is 27.5 Å². The lowest BCUT2D eigenvalue weighted by molar-refractivity contribution is 0.201. The van der Waals surface area contributed by atoms with Crippen LogP contribution in [0, 0.1) is 0 Å². The molecule has 2 nitrogen and oxygen atoms in total. The van der Waals surface area contributed by atoms with Gasteiger partial charge in [0, 0.05) is 41.9 Å². The van der Waals surface area contributed by atoms with Crippen LogP contribution < -0.4 is 0 Å². The van der Waals surface area contributed by atoms with Gasteiger partial charge in [-0.3, -0.25) is 9.88 Å². The molecular weight excluding hydrogens is 300 g/mol. The molecule has 1 saturated carbocycles. The molecule has 0 amide bonds. The van der Waals surface area contributed by atoms with Gasteiger partial charge in [0.25, 0.3) is 0 Å². The van der Waals surface area contributed by atoms with Crippen LogP contribution in [-0.2, 0) is 6.54 Å². The maximum Gasteiger partial charge on any atom is 0.0410 e. The van der Waals surface area contributed by atoms with Gasteiger partial charge < -0.3 is 0 Å². The van der Waals surface area contributed by atoms with Crippen LogP contribution in [0.5, 0.6) is 0 Å². The van der Waals surface area contributed by atoms with Gasteiger partial charge in [-0.25, -0.2) is 0 Å². The molecule has 17 heavy (non-hydrogen) atoms. The highest BCUT2D eigenvalue weighted by Crippen LogP contribution is 2.25. The molecule has 0 radical (unpaired) electrons. The van der Waals surface area contributed by atoms with Crippen molar-refractivity contribution in [1.29, 1.82) is 0 Å². The van der Waals surface area contributed by atoms with Gasteiger partial charge in [0.1, 0.15) is 0 Å². The van der Waals surface area contributed by atoms with Crippen molar-refractivity contribution in [3.8, 4) is 0 Å². The fraction of sp³-hybridized carbons (Fsp3) is 0.615. The predicted molar refractivity (Wildman–Crippen MR) is 75.3 cm³/mol. The molecule has 94 valence electrons. The van der Waals surface area contributed by atoms with E-state index in [-0.39, 0.29) is 0 Å². The fourth-order valence-corrected chi connectivity index (χ4v) is 3.17. The van der Waals surface area contributed by atoms with Crippen molar-refractivity contribution in [2.75, 3.05) is 12.4 Å². The molecule has 1 fully saturated rings. The van der Waals surface area contributed by atoms with Crippen LogP contribution in [0.2, 0.25) is 0 Å². The largest absolute Gasteiger partial charge is 0.295 e. The summed E-state index contributed by atoms with van der Waals surface area (Å²) in [4.78, 5) is 6.72. The molecule has 0 atom stereocenters. The Morgan fingerprint density at radius 2 is 2.12 bits per heavy atom. The van der Waals surface area contributed by atoms with Crippen LogP contribution in [-0.4, -0.2) is 28.4 Å². The lowest BCUT2D eigenvalue weighted by atomic mass is 10.2. The highest BCUT2D eigenvalue weighted by molar-refractivity contribution is 9.10. The minimum Gasteiger partial charge on any atom is -0.295 e. The third-order valence-electron chi connectivity index (χ3n) is 3.36. The molecule has 0 aromatic carbocycles. The molecular formula is C13H18BrClN2. The summed E-state index contributed by atoms with van der Waals surface area (Å²) >= 11 is 9.37. The van der Waals surface area contributed by atoms with Crippen LogP contribution in [0.15, 0.2) is 22.9 Å². The Balaban J connectivity index is 2.01. The summed E-state index contributed by atoms with van der Waals surface area (Å²) in [6.45, 7) is 1.93. The van der Waals surface area contributed by atoms with Crippen molar-refractivity contribution in [3.05, 3.63) is 28.5 Å². The Kier molecular flexibility index (Phi) is 5.26. The molecule has 0 aliphatic heterocycles. The van der Waals surface area contributed by atoms with Gasteiger partial charge in [-0.1, -0.05) is 12.8 Å². The number of pyridine rings is 1. The molecule has 1 aliphatic carbocycles. The van der Waals surface area contributed by atoms with E-state index in [0.29, 0.717) is 11.9 Å². The zero-order valence-electron chi connectivity index (χ0n) is 9.91. The summed E-state index contributed by atoms with van der Waals surface area (Å²) in [5.41, 5.74) is 1.26. The van der Waals surface area contributed by atoms with E-state index in [1.54, 1.807) is 0 Å². The molecule has 0 unspecified atom stereocenters. The van der Waals surface area contributed by atoms with Crippen LogP contribution in [0.1, 0.15) is 31.2 Å². The number of aromatic nitrogens is 1. The second-order valence-corrected chi connectivity index (χ2v) is 5.90. The average Bonchev–Trinajstić information content (AvgIpc) is 2.82. The van der Waals surface area contributed by atoms with Crippen LogP contribution in [0.3, 0.4) is 0 Å². The number of hydrogen-bond donors (Lipinski definition) is 0. The average molecular weight is 318 g/mol. The molecule has 0 N–H and O–H groups in total. The van der Waals surface area contributed by atoms with E-state index in [1.165, 1.54) is 31.2 Å². The van der Waals surface area contributed by atoms with Crippen molar-refractivity contribution in [2.24, 2.45) is 0 Å². The highest BCUT2D eigenvalue weighted by atomic mass is 79.9. The van der Waals surface area contributed by atoms with Crippen molar-refractivity contribution in [3.63, 3.8) is 0 Å². The molecule has 2 rings (SSSR count).